The summed E-state index contributed by atoms with van der Waals surface area (Å²) in [5.74, 6) is 0.532. The van der Waals surface area contributed by atoms with E-state index in [9.17, 15) is 0 Å². The molecule has 1 atom stereocenters. The van der Waals surface area contributed by atoms with Crippen LogP contribution in [0.25, 0.3) is 0 Å². The molecule has 3 nitrogen and oxygen atoms in total. The standard InChI is InChI=1S/C8H11ClN2O/c1-3-6(2)12-8-4-7(9)10-5-11-8/h4-6H,3H2,1-2H3. The van der Waals surface area contributed by atoms with Crippen molar-refractivity contribution in [3.63, 3.8) is 0 Å². The van der Waals surface area contributed by atoms with Crippen LogP contribution in [0.1, 0.15) is 20.3 Å². The third-order valence-corrected chi connectivity index (χ3v) is 1.71. The van der Waals surface area contributed by atoms with Gasteiger partial charge in [-0.3, -0.25) is 0 Å². The van der Waals surface area contributed by atoms with E-state index in [1.807, 2.05) is 13.8 Å². The molecule has 0 amide bonds. The van der Waals surface area contributed by atoms with E-state index in [1.54, 1.807) is 6.07 Å². The fourth-order valence-corrected chi connectivity index (χ4v) is 0.808. The predicted octanol–water partition coefficient (Wildman–Crippen LogP) is 2.31. The number of ether oxygens (including phenoxy) is 1. The molecule has 0 radical (unpaired) electrons. The van der Waals surface area contributed by atoms with Crippen LogP contribution in [0.3, 0.4) is 0 Å². The average Bonchev–Trinajstić information content (AvgIpc) is 2.04. The van der Waals surface area contributed by atoms with Crippen LogP contribution in [0, 0.1) is 0 Å². The van der Waals surface area contributed by atoms with E-state index in [2.05, 4.69) is 9.97 Å². The maximum Gasteiger partial charge on any atom is 0.218 e. The molecular formula is C8H11ClN2O. The van der Waals surface area contributed by atoms with Crippen molar-refractivity contribution in [2.45, 2.75) is 26.4 Å². The zero-order valence-electron chi connectivity index (χ0n) is 7.12. The molecule has 0 N–H and O–H groups in total. The van der Waals surface area contributed by atoms with Crippen LogP contribution in [0.2, 0.25) is 5.15 Å². The smallest absolute Gasteiger partial charge is 0.218 e. The number of hydrogen-bond donors (Lipinski definition) is 0. The van der Waals surface area contributed by atoms with E-state index >= 15 is 0 Å². The van der Waals surface area contributed by atoms with Gasteiger partial charge in [0.25, 0.3) is 0 Å². The lowest BCUT2D eigenvalue weighted by atomic mass is 10.3. The molecule has 1 unspecified atom stereocenters. The summed E-state index contributed by atoms with van der Waals surface area (Å²) in [5.41, 5.74) is 0. The Morgan fingerprint density at radius 2 is 2.33 bits per heavy atom. The second-order valence-corrected chi connectivity index (χ2v) is 2.90. The van der Waals surface area contributed by atoms with Crippen LogP contribution < -0.4 is 4.74 Å². The van der Waals surface area contributed by atoms with E-state index in [0.717, 1.165) is 6.42 Å². The molecule has 1 rings (SSSR count). The molecule has 0 saturated carbocycles. The Labute approximate surface area is 76.7 Å². The highest BCUT2D eigenvalue weighted by atomic mass is 35.5. The first-order valence-electron chi connectivity index (χ1n) is 3.86. The van der Waals surface area contributed by atoms with Gasteiger partial charge in [-0.1, -0.05) is 18.5 Å². The van der Waals surface area contributed by atoms with Crippen LogP contribution in [0.5, 0.6) is 5.88 Å². The first-order chi connectivity index (χ1) is 5.72. The highest BCUT2D eigenvalue weighted by molar-refractivity contribution is 6.29. The lowest BCUT2D eigenvalue weighted by molar-refractivity contribution is 0.208. The zero-order chi connectivity index (χ0) is 8.97. The van der Waals surface area contributed by atoms with Gasteiger partial charge in [0.2, 0.25) is 5.88 Å². The molecule has 0 bridgehead atoms. The molecule has 1 heterocycles. The molecule has 0 saturated heterocycles. The van der Waals surface area contributed by atoms with E-state index in [-0.39, 0.29) is 6.10 Å². The summed E-state index contributed by atoms with van der Waals surface area (Å²) in [6.07, 6.45) is 2.50. The van der Waals surface area contributed by atoms with Crippen molar-refractivity contribution in [1.29, 1.82) is 0 Å². The van der Waals surface area contributed by atoms with Crippen molar-refractivity contribution in [3.05, 3.63) is 17.5 Å². The minimum atomic E-state index is 0.163. The average molecular weight is 187 g/mol. The van der Waals surface area contributed by atoms with Crippen molar-refractivity contribution < 1.29 is 4.74 Å². The van der Waals surface area contributed by atoms with Gasteiger partial charge in [0.15, 0.2) is 0 Å². The highest BCUT2D eigenvalue weighted by Gasteiger charge is 2.02. The molecule has 0 aliphatic heterocycles. The molecular weight excluding hydrogens is 176 g/mol. The molecule has 4 heteroatoms. The summed E-state index contributed by atoms with van der Waals surface area (Å²) in [6.45, 7) is 4.03. The van der Waals surface area contributed by atoms with Crippen LogP contribution in [0.4, 0.5) is 0 Å². The number of rotatable bonds is 3. The number of aromatic nitrogens is 2. The van der Waals surface area contributed by atoms with Crippen LogP contribution in [-0.4, -0.2) is 16.1 Å². The summed E-state index contributed by atoms with van der Waals surface area (Å²) >= 11 is 5.64. The van der Waals surface area contributed by atoms with Gasteiger partial charge in [0.05, 0.1) is 6.10 Å². The first kappa shape index (κ1) is 9.26. The monoisotopic (exact) mass is 186 g/mol. The van der Waals surface area contributed by atoms with Crippen molar-refractivity contribution in [3.8, 4) is 5.88 Å². The van der Waals surface area contributed by atoms with Crippen molar-refractivity contribution >= 4 is 11.6 Å². The Morgan fingerprint density at radius 1 is 1.58 bits per heavy atom. The minimum absolute atomic E-state index is 0.163. The van der Waals surface area contributed by atoms with Gasteiger partial charge in [0, 0.05) is 6.07 Å². The van der Waals surface area contributed by atoms with Crippen molar-refractivity contribution in [2.75, 3.05) is 0 Å². The Hall–Kier alpha value is -0.830. The number of nitrogens with zero attached hydrogens (tertiary/aromatic N) is 2. The molecule has 66 valence electrons. The van der Waals surface area contributed by atoms with Crippen molar-refractivity contribution in [2.24, 2.45) is 0 Å². The van der Waals surface area contributed by atoms with Gasteiger partial charge in [-0.25, -0.2) is 9.97 Å². The van der Waals surface area contributed by atoms with Gasteiger partial charge in [-0.15, -0.1) is 0 Å². The lowest BCUT2D eigenvalue weighted by Crippen LogP contribution is -2.10. The second kappa shape index (κ2) is 4.26. The minimum Gasteiger partial charge on any atom is -0.475 e. The van der Waals surface area contributed by atoms with Crippen LogP contribution in [-0.2, 0) is 0 Å². The highest BCUT2D eigenvalue weighted by Crippen LogP contribution is 2.12. The first-order valence-corrected chi connectivity index (χ1v) is 4.24. The molecule has 0 aliphatic carbocycles. The Balaban J connectivity index is 2.63. The molecule has 0 aliphatic rings. The summed E-state index contributed by atoms with van der Waals surface area (Å²) < 4.78 is 5.41. The fourth-order valence-electron chi connectivity index (χ4n) is 0.671. The molecule has 0 aromatic carbocycles. The second-order valence-electron chi connectivity index (χ2n) is 2.52. The Bertz CT molecular complexity index is 255. The molecule has 1 aromatic rings. The third-order valence-electron chi connectivity index (χ3n) is 1.51. The maximum absolute atomic E-state index is 5.64. The fraction of sp³-hybridized carbons (Fsp3) is 0.500. The molecule has 0 spiro atoms. The molecule has 0 fully saturated rings. The topological polar surface area (TPSA) is 35.0 Å². The Kier molecular flexibility index (Phi) is 3.29. The lowest BCUT2D eigenvalue weighted by Gasteiger charge is -2.10. The largest absolute Gasteiger partial charge is 0.475 e. The van der Waals surface area contributed by atoms with E-state index < -0.39 is 0 Å². The molecule has 12 heavy (non-hydrogen) atoms. The molecule has 1 aromatic heterocycles. The van der Waals surface area contributed by atoms with Gasteiger partial charge < -0.3 is 4.74 Å². The van der Waals surface area contributed by atoms with Gasteiger partial charge in [-0.2, -0.15) is 0 Å². The van der Waals surface area contributed by atoms with Gasteiger partial charge in [-0.05, 0) is 13.3 Å². The Morgan fingerprint density at radius 3 is 2.92 bits per heavy atom. The normalized spacial score (nSPS) is 12.6. The predicted molar refractivity (Wildman–Crippen MR) is 47.4 cm³/mol. The van der Waals surface area contributed by atoms with E-state index in [4.69, 9.17) is 16.3 Å². The number of halogens is 1. The quantitative estimate of drug-likeness (QED) is 0.680. The van der Waals surface area contributed by atoms with E-state index in [0.29, 0.717) is 11.0 Å². The summed E-state index contributed by atoms with van der Waals surface area (Å²) in [6, 6.07) is 1.60. The van der Waals surface area contributed by atoms with E-state index in [1.165, 1.54) is 6.33 Å². The third kappa shape index (κ3) is 2.66. The van der Waals surface area contributed by atoms with Gasteiger partial charge >= 0.3 is 0 Å². The van der Waals surface area contributed by atoms with Crippen molar-refractivity contribution in [1.82, 2.24) is 9.97 Å². The SMILES string of the molecule is CCC(C)Oc1cc(Cl)ncn1. The summed E-state index contributed by atoms with van der Waals surface area (Å²) in [4.78, 5) is 7.66. The summed E-state index contributed by atoms with van der Waals surface area (Å²) in [7, 11) is 0. The zero-order valence-corrected chi connectivity index (χ0v) is 7.88. The summed E-state index contributed by atoms with van der Waals surface area (Å²) in [5, 5.41) is 0.406. The van der Waals surface area contributed by atoms with Crippen LogP contribution >= 0.6 is 11.6 Å². The van der Waals surface area contributed by atoms with Crippen LogP contribution in [0.15, 0.2) is 12.4 Å². The van der Waals surface area contributed by atoms with Gasteiger partial charge in [0.1, 0.15) is 11.5 Å². The maximum atomic E-state index is 5.64. The number of hydrogen-bond acceptors (Lipinski definition) is 3.